The van der Waals surface area contributed by atoms with E-state index in [-0.39, 0.29) is 29.3 Å². The second-order valence-corrected chi connectivity index (χ2v) is 16.4. The van der Waals surface area contributed by atoms with Crippen molar-refractivity contribution in [3.05, 3.63) is 35.9 Å². The minimum Gasteiger partial charge on any atom is -0.481 e. The second-order valence-electron chi connectivity index (χ2n) is 11.6. The van der Waals surface area contributed by atoms with Gasteiger partial charge in [-0.2, -0.15) is 0 Å². The van der Waals surface area contributed by atoms with E-state index in [0.717, 1.165) is 38.5 Å². The van der Waals surface area contributed by atoms with Gasteiger partial charge in [0.2, 0.25) is 0 Å². The van der Waals surface area contributed by atoms with Crippen molar-refractivity contribution in [2.24, 2.45) is 5.92 Å². The highest BCUT2D eigenvalue weighted by molar-refractivity contribution is 6.74. The van der Waals surface area contributed by atoms with Crippen LogP contribution in [0.3, 0.4) is 0 Å². The lowest BCUT2D eigenvalue weighted by Gasteiger charge is -2.39. The van der Waals surface area contributed by atoms with Crippen molar-refractivity contribution in [3.63, 3.8) is 0 Å². The van der Waals surface area contributed by atoms with Crippen molar-refractivity contribution in [1.82, 2.24) is 0 Å². The third kappa shape index (κ3) is 6.77. The van der Waals surface area contributed by atoms with Gasteiger partial charge in [-0.25, -0.2) is 0 Å². The molecule has 33 heavy (non-hydrogen) atoms. The van der Waals surface area contributed by atoms with E-state index in [4.69, 9.17) is 9.16 Å². The van der Waals surface area contributed by atoms with Gasteiger partial charge in [0.15, 0.2) is 8.32 Å². The van der Waals surface area contributed by atoms with Gasteiger partial charge < -0.3 is 14.3 Å². The number of carbonyl (C=O) groups is 2. The summed E-state index contributed by atoms with van der Waals surface area (Å²) >= 11 is 0. The smallest absolute Gasteiger partial charge is 0.305 e. The molecule has 184 valence electrons. The van der Waals surface area contributed by atoms with Gasteiger partial charge in [-0.15, -0.1) is 0 Å². The summed E-state index contributed by atoms with van der Waals surface area (Å²) in [4.78, 5) is 24.4. The fourth-order valence-corrected chi connectivity index (χ4v) is 6.61. The normalized spacial score (nSPS) is 25.8. The molecule has 0 amide bonds. The van der Waals surface area contributed by atoms with Crippen LogP contribution in [-0.4, -0.2) is 43.0 Å². The van der Waals surface area contributed by atoms with Gasteiger partial charge in [-0.05, 0) is 68.1 Å². The van der Waals surface area contributed by atoms with Crippen LogP contribution in [0.5, 0.6) is 0 Å². The Bertz CT molecular complexity index is 816. The Hall–Kier alpha value is -1.50. The molecule has 2 aliphatic rings. The van der Waals surface area contributed by atoms with Gasteiger partial charge >= 0.3 is 5.97 Å². The molecule has 2 bridgehead atoms. The number of rotatable bonds is 12. The number of aliphatic carboxylic acids is 1. The number of carboxylic acids is 1. The highest BCUT2D eigenvalue weighted by atomic mass is 28.4. The number of hydrogen-bond donors (Lipinski definition) is 1. The predicted molar refractivity (Wildman–Crippen MR) is 133 cm³/mol. The van der Waals surface area contributed by atoms with Crippen molar-refractivity contribution < 1.29 is 23.9 Å². The molecule has 3 rings (SSSR count). The molecule has 1 aromatic rings. The zero-order valence-electron chi connectivity index (χ0n) is 21.1. The van der Waals surface area contributed by atoms with Crippen LogP contribution in [0.2, 0.25) is 18.1 Å². The lowest BCUT2D eigenvalue weighted by Crippen LogP contribution is -2.45. The summed E-state index contributed by atoms with van der Waals surface area (Å²) in [6.07, 6.45) is 6.35. The molecule has 6 heteroatoms. The van der Waals surface area contributed by atoms with E-state index in [1.54, 1.807) is 0 Å². The number of fused-ring (bicyclic) bond motifs is 2. The summed E-state index contributed by atoms with van der Waals surface area (Å²) in [5, 5.41) is 9.34. The average Bonchev–Trinajstić information content (AvgIpc) is 3.28. The van der Waals surface area contributed by atoms with Crippen LogP contribution in [0.4, 0.5) is 0 Å². The summed E-state index contributed by atoms with van der Waals surface area (Å²) in [6, 6.07) is 10.6. The third-order valence-corrected chi connectivity index (χ3v) is 12.7. The zero-order chi connectivity index (χ0) is 24.3. The maximum Gasteiger partial charge on any atom is 0.305 e. The molecule has 0 aromatic heterocycles. The number of Topliss-reactive ketones (excluding diaryl/α,β-unsaturated/α-hetero) is 1. The van der Waals surface area contributed by atoms with Crippen LogP contribution >= 0.6 is 0 Å². The number of ketones is 1. The lowest BCUT2D eigenvalue weighted by molar-refractivity contribution is -0.139. The average molecular weight is 475 g/mol. The first-order chi connectivity index (χ1) is 15.4. The summed E-state index contributed by atoms with van der Waals surface area (Å²) in [5.74, 6) is -0.332. The molecule has 2 aliphatic heterocycles. The number of carboxylic acid groups (broad SMARTS) is 1. The fraction of sp³-hybridized carbons (Fsp3) is 0.704. The molecule has 0 saturated carbocycles. The van der Waals surface area contributed by atoms with Gasteiger partial charge in [0.25, 0.3) is 0 Å². The number of carbonyl (C=O) groups excluding carboxylic acids is 1. The Kier molecular flexibility index (Phi) is 8.23. The molecule has 0 radical (unpaired) electrons. The van der Waals surface area contributed by atoms with Gasteiger partial charge in [-0.1, -0.05) is 51.1 Å². The topological polar surface area (TPSA) is 72.8 Å². The molecule has 2 saturated heterocycles. The summed E-state index contributed by atoms with van der Waals surface area (Å²) < 4.78 is 12.8. The Morgan fingerprint density at radius 3 is 2.52 bits per heavy atom. The van der Waals surface area contributed by atoms with E-state index in [2.05, 4.69) is 58.1 Å². The summed E-state index contributed by atoms with van der Waals surface area (Å²) in [6.45, 7) is 10.6. The first-order valence-electron chi connectivity index (χ1n) is 12.5. The van der Waals surface area contributed by atoms with Gasteiger partial charge in [-0.3, -0.25) is 9.59 Å². The second kappa shape index (κ2) is 10.4. The summed E-state index contributed by atoms with van der Waals surface area (Å²) in [5.41, 5.74) is 1.17. The maximum atomic E-state index is 13.0. The Morgan fingerprint density at radius 1 is 1.21 bits per heavy atom. The van der Waals surface area contributed by atoms with Crippen LogP contribution in [0.1, 0.15) is 77.7 Å². The number of ether oxygens (including phenoxy) is 1. The minimum atomic E-state index is -2.16. The van der Waals surface area contributed by atoms with E-state index in [1.807, 2.05) is 6.07 Å². The minimum absolute atomic E-state index is 0.0334. The predicted octanol–water partition coefficient (Wildman–Crippen LogP) is 6.16. The standard InChI is InChI=1S/C27H42O5Si/c1-26(2,3)33(4,5)32-24(19-25(29)30)18-22(28)13-15-27-16-14-23(31-27)17-21(27)12-11-20-9-7-6-8-10-20/h6-10,21,23-24H,11-19H2,1-5H3,(H,29,30)/t21-,23-,24?,27-/m1/s1. The van der Waals surface area contributed by atoms with E-state index >= 15 is 0 Å². The maximum absolute atomic E-state index is 13.0. The van der Waals surface area contributed by atoms with Crippen molar-refractivity contribution in [2.45, 2.75) is 114 Å². The number of aryl methyl sites for hydroxylation is 1. The lowest BCUT2D eigenvalue weighted by atomic mass is 9.73. The quantitative estimate of drug-likeness (QED) is 0.367. The van der Waals surface area contributed by atoms with E-state index in [9.17, 15) is 14.7 Å². The zero-order valence-corrected chi connectivity index (χ0v) is 22.1. The van der Waals surface area contributed by atoms with Crippen LogP contribution in [0, 0.1) is 5.92 Å². The fourth-order valence-electron chi connectivity index (χ4n) is 5.26. The molecular formula is C27H42O5Si. The van der Waals surface area contributed by atoms with E-state index < -0.39 is 20.4 Å². The van der Waals surface area contributed by atoms with Crippen LogP contribution in [-0.2, 0) is 25.2 Å². The van der Waals surface area contributed by atoms with Crippen LogP contribution in [0.15, 0.2) is 30.3 Å². The molecule has 4 atom stereocenters. The highest BCUT2D eigenvalue weighted by Crippen LogP contribution is 2.52. The summed E-state index contributed by atoms with van der Waals surface area (Å²) in [7, 11) is -2.16. The van der Waals surface area contributed by atoms with Crippen LogP contribution in [0.25, 0.3) is 0 Å². The van der Waals surface area contributed by atoms with Gasteiger partial charge in [0, 0.05) is 12.8 Å². The van der Waals surface area contributed by atoms with E-state index in [1.165, 1.54) is 5.56 Å². The molecule has 0 spiro atoms. The third-order valence-electron chi connectivity index (χ3n) is 8.16. The Balaban J connectivity index is 1.57. The molecule has 1 N–H and O–H groups in total. The first kappa shape index (κ1) is 26.1. The molecular weight excluding hydrogens is 432 g/mol. The monoisotopic (exact) mass is 474 g/mol. The molecule has 0 aliphatic carbocycles. The van der Waals surface area contributed by atoms with Gasteiger partial charge in [0.05, 0.1) is 24.2 Å². The van der Waals surface area contributed by atoms with Crippen molar-refractivity contribution in [1.29, 1.82) is 0 Å². The molecule has 5 nitrogen and oxygen atoms in total. The van der Waals surface area contributed by atoms with Crippen molar-refractivity contribution in [2.75, 3.05) is 0 Å². The SMILES string of the molecule is CC(C)(C)[Si](C)(C)OC(CC(=O)O)CC(=O)CC[C@@]12CC[C@H](C[C@H]1CCc1ccccc1)O2. The Morgan fingerprint density at radius 2 is 1.91 bits per heavy atom. The Labute approximate surface area is 200 Å². The van der Waals surface area contributed by atoms with E-state index in [0.29, 0.717) is 18.4 Å². The number of hydrogen-bond acceptors (Lipinski definition) is 4. The molecule has 1 aromatic carbocycles. The molecule has 1 unspecified atom stereocenters. The largest absolute Gasteiger partial charge is 0.481 e. The molecule has 2 fully saturated rings. The highest BCUT2D eigenvalue weighted by Gasteiger charge is 2.52. The van der Waals surface area contributed by atoms with Crippen molar-refractivity contribution >= 4 is 20.1 Å². The van der Waals surface area contributed by atoms with Crippen molar-refractivity contribution in [3.8, 4) is 0 Å². The molecule has 2 heterocycles. The van der Waals surface area contributed by atoms with Crippen LogP contribution < -0.4 is 0 Å². The van der Waals surface area contributed by atoms with Gasteiger partial charge in [0.1, 0.15) is 5.78 Å². The number of benzene rings is 1. The first-order valence-corrected chi connectivity index (χ1v) is 15.4.